The van der Waals surface area contributed by atoms with Crippen molar-refractivity contribution in [1.82, 2.24) is 5.32 Å². The van der Waals surface area contributed by atoms with Crippen molar-refractivity contribution in [2.24, 2.45) is 0 Å². The number of rotatable bonds is 7. The van der Waals surface area contributed by atoms with E-state index in [1.807, 2.05) is 12.1 Å². The normalized spacial score (nSPS) is 14.9. The molecule has 1 aliphatic rings. The van der Waals surface area contributed by atoms with E-state index in [-0.39, 0.29) is 24.3 Å². The summed E-state index contributed by atoms with van der Waals surface area (Å²) in [5, 5.41) is 3.32. The van der Waals surface area contributed by atoms with Crippen molar-refractivity contribution < 1.29 is 18.7 Å². The minimum absolute atomic E-state index is 0.291. The Morgan fingerprint density at radius 3 is 2.33 bits per heavy atom. The van der Waals surface area contributed by atoms with Crippen LogP contribution in [0.15, 0.2) is 48.5 Å². The van der Waals surface area contributed by atoms with Gasteiger partial charge in [-0.2, -0.15) is 0 Å². The summed E-state index contributed by atoms with van der Waals surface area (Å²) >= 11 is 5.92. The Kier molecular flexibility index (Phi) is 6.11. The highest BCUT2D eigenvalue weighted by molar-refractivity contribution is 6.30. The number of carbonyl (C=O) groups excluding carboxylic acids is 2. The molecular weight excluding hydrogens is 369 g/mol. The Morgan fingerprint density at radius 1 is 1.07 bits per heavy atom. The zero-order chi connectivity index (χ0) is 19.3. The zero-order valence-electron chi connectivity index (χ0n) is 14.8. The number of halogens is 2. The van der Waals surface area contributed by atoms with Crippen LogP contribution in [0.5, 0.6) is 0 Å². The first-order chi connectivity index (χ1) is 13.0. The van der Waals surface area contributed by atoms with Gasteiger partial charge in [0.2, 0.25) is 0 Å². The minimum Gasteiger partial charge on any atom is -0.455 e. The minimum atomic E-state index is -0.668. The maximum absolute atomic E-state index is 12.9. The summed E-state index contributed by atoms with van der Waals surface area (Å²) in [5.74, 6) is -1.01. The number of carbonyl (C=O) groups is 2. The first kappa shape index (κ1) is 19.4. The number of hydrogen-bond donors (Lipinski definition) is 1. The first-order valence-electron chi connectivity index (χ1n) is 8.94. The van der Waals surface area contributed by atoms with Crippen molar-refractivity contribution in [3.63, 3.8) is 0 Å². The lowest BCUT2D eigenvalue weighted by atomic mass is 9.64. The van der Waals surface area contributed by atoms with Gasteiger partial charge in [-0.05, 0) is 54.7 Å². The molecule has 0 saturated heterocycles. The van der Waals surface area contributed by atoms with Gasteiger partial charge in [0.1, 0.15) is 5.82 Å². The summed E-state index contributed by atoms with van der Waals surface area (Å²) in [5.41, 5.74) is 1.13. The van der Waals surface area contributed by atoms with Gasteiger partial charge < -0.3 is 10.1 Å². The van der Waals surface area contributed by atoms with Crippen LogP contribution in [0.3, 0.4) is 0 Å². The molecule has 2 aromatic carbocycles. The van der Waals surface area contributed by atoms with Gasteiger partial charge in [0.05, 0.1) is 5.41 Å². The standard InChI is InChI=1S/C21H21ClFNO3/c22-17-6-4-16(5-7-17)21(11-1-12-21)20(26)27-14-19(25)24-13-10-15-2-8-18(23)9-3-15/h2-9H,1,10-14H2,(H,24,25). The van der Waals surface area contributed by atoms with Crippen LogP contribution >= 0.6 is 11.6 Å². The van der Waals surface area contributed by atoms with E-state index in [4.69, 9.17) is 16.3 Å². The third kappa shape index (κ3) is 4.66. The lowest BCUT2D eigenvalue weighted by Gasteiger charge is -2.39. The van der Waals surface area contributed by atoms with Gasteiger partial charge in [-0.15, -0.1) is 0 Å². The number of benzene rings is 2. The van der Waals surface area contributed by atoms with Gasteiger partial charge >= 0.3 is 5.97 Å². The van der Waals surface area contributed by atoms with Crippen molar-refractivity contribution in [3.05, 3.63) is 70.5 Å². The van der Waals surface area contributed by atoms with E-state index < -0.39 is 5.41 Å². The molecule has 0 aromatic heterocycles. The lowest BCUT2D eigenvalue weighted by molar-refractivity contribution is -0.157. The molecule has 3 rings (SSSR count). The number of hydrogen-bond acceptors (Lipinski definition) is 3. The lowest BCUT2D eigenvalue weighted by Crippen LogP contribution is -2.45. The van der Waals surface area contributed by atoms with Crippen LogP contribution in [0.1, 0.15) is 30.4 Å². The van der Waals surface area contributed by atoms with E-state index in [1.165, 1.54) is 12.1 Å². The van der Waals surface area contributed by atoms with Crippen LogP contribution in [0, 0.1) is 5.82 Å². The van der Waals surface area contributed by atoms with Crippen molar-refractivity contribution in [1.29, 1.82) is 0 Å². The van der Waals surface area contributed by atoms with Crippen LogP contribution in [0.4, 0.5) is 4.39 Å². The number of esters is 1. The second-order valence-corrected chi connectivity index (χ2v) is 7.18. The molecule has 4 nitrogen and oxygen atoms in total. The SMILES string of the molecule is O=C(COC(=O)C1(c2ccc(Cl)cc2)CCC1)NCCc1ccc(F)cc1. The third-order valence-corrected chi connectivity index (χ3v) is 5.23. The molecule has 0 atom stereocenters. The third-order valence-electron chi connectivity index (χ3n) is 4.98. The molecule has 2 aromatic rings. The van der Waals surface area contributed by atoms with Crippen LogP contribution in [-0.4, -0.2) is 25.0 Å². The molecule has 1 saturated carbocycles. The molecule has 1 aliphatic carbocycles. The summed E-state index contributed by atoms with van der Waals surface area (Å²) in [4.78, 5) is 24.5. The average molecular weight is 390 g/mol. The van der Waals surface area contributed by atoms with Gasteiger partial charge in [0.25, 0.3) is 5.91 Å². The van der Waals surface area contributed by atoms with E-state index in [0.717, 1.165) is 17.5 Å². The number of amides is 1. The zero-order valence-corrected chi connectivity index (χ0v) is 15.6. The van der Waals surface area contributed by atoms with E-state index in [1.54, 1.807) is 24.3 Å². The topological polar surface area (TPSA) is 55.4 Å². The highest BCUT2D eigenvalue weighted by Gasteiger charge is 2.47. The fraction of sp³-hybridized carbons (Fsp3) is 0.333. The average Bonchev–Trinajstić information content (AvgIpc) is 2.62. The van der Waals surface area contributed by atoms with Crippen LogP contribution in [0.2, 0.25) is 5.02 Å². The monoisotopic (exact) mass is 389 g/mol. The Hall–Kier alpha value is -2.40. The number of ether oxygens (including phenoxy) is 1. The summed E-state index contributed by atoms with van der Waals surface area (Å²) in [6, 6.07) is 13.3. The molecular formula is C21H21ClFNO3. The maximum Gasteiger partial charge on any atom is 0.317 e. The predicted molar refractivity (Wildman–Crippen MR) is 101 cm³/mol. The molecule has 0 unspecified atom stereocenters. The summed E-state index contributed by atoms with van der Waals surface area (Å²) in [6.45, 7) is 0.0853. The van der Waals surface area contributed by atoms with Gasteiger partial charge in [0, 0.05) is 11.6 Å². The molecule has 1 fully saturated rings. The van der Waals surface area contributed by atoms with Crippen molar-refractivity contribution in [3.8, 4) is 0 Å². The molecule has 27 heavy (non-hydrogen) atoms. The van der Waals surface area contributed by atoms with Crippen LogP contribution in [0.25, 0.3) is 0 Å². The summed E-state index contributed by atoms with van der Waals surface area (Å²) in [6.07, 6.45) is 2.94. The molecule has 0 aliphatic heterocycles. The van der Waals surface area contributed by atoms with Crippen LogP contribution < -0.4 is 5.32 Å². The van der Waals surface area contributed by atoms with Gasteiger partial charge in [0.15, 0.2) is 6.61 Å². The van der Waals surface area contributed by atoms with E-state index in [9.17, 15) is 14.0 Å². The van der Waals surface area contributed by atoms with Crippen molar-refractivity contribution in [2.45, 2.75) is 31.1 Å². The fourth-order valence-corrected chi connectivity index (χ4v) is 3.35. The first-order valence-corrected chi connectivity index (χ1v) is 9.32. The van der Waals surface area contributed by atoms with Crippen LogP contribution in [-0.2, 0) is 26.2 Å². The Balaban J connectivity index is 1.47. The molecule has 0 bridgehead atoms. The quantitative estimate of drug-likeness (QED) is 0.733. The molecule has 6 heteroatoms. The fourth-order valence-electron chi connectivity index (χ4n) is 3.23. The highest BCUT2D eigenvalue weighted by atomic mass is 35.5. The second kappa shape index (κ2) is 8.53. The van der Waals surface area contributed by atoms with E-state index in [2.05, 4.69) is 5.32 Å². The molecule has 142 valence electrons. The predicted octanol–water partition coefficient (Wildman–Crippen LogP) is 3.80. The highest BCUT2D eigenvalue weighted by Crippen LogP contribution is 2.45. The van der Waals surface area contributed by atoms with E-state index >= 15 is 0 Å². The molecule has 1 amide bonds. The molecule has 0 spiro atoms. The Bertz CT molecular complexity index is 801. The van der Waals surface area contributed by atoms with Gasteiger partial charge in [-0.25, -0.2) is 4.39 Å². The molecule has 0 heterocycles. The maximum atomic E-state index is 12.9. The molecule has 1 N–H and O–H groups in total. The largest absolute Gasteiger partial charge is 0.455 e. The Morgan fingerprint density at radius 2 is 1.74 bits per heavy atom. The Labute approximate surface area is 162 Å². The van der Waals surface area contributed by atoms with Crippen molar-refractivity contribution >= 4 is 23.5 Å². The van der Waals surface area contributed by atoms with Gasteiger partial charge in [-0.1, -0.05) is 42.3 Å². The van der Waals surface area contributed by atoms with E-state index in [0.29, 0.717) is 30.8 Å². The van der Waals surface area contributed by atoms with Gasteiger partial charge in [-0.3, -0.25) is 9.59 Å². The summed E-state index contributed by atoms with van der Waals surface area (Å²) < 4.78 is 18.1. The molecule has 0 radical (unpaired) electrons. The smallest absolute Gasteiger partial charge is 0.317 e. The second-order valence-electron chi connectivity index (χ2n) is 6.75. The summed E-state index contributed by atoms with van der Waals surface area (Å²) in [7, 11) is 0. The van der Waals surface area contributed by atoms with Crippen molar-refractivity contribution in [2.75, 3.05) is 13.2 Å². The number of nitrogens with one attached hydrogen (secondary N) is 1.